The Morgan fingerprint density at radius 3 is 2.38 bits per heavy atom. The molecule has 0 aromatic rings. The quantitative estimate of drug-likeness (QED) is 0.619. The highest BCUT2D eigenvalue weighted by Gasteiger charge is 2.10. The lowest BCUT2D eigenvalue weighted by Crippen LogP contribution is -2.26. The highest BCUT2D eigenvalue weighted by molar-refractivity contribution is 5.81. The van der Waals surface area contributed by atoms with Crippen LogP contribution in [0, 0.1) is 0 Å². The molecule has 0 heterocycles. The molecular weight excluding hydrogens is 170 g/mol. The number of ether oxygens (including phenoxy) is 1. The van der Waals surface area contributed by atoms with Crippen molar-refractivity contribution in [1.82, 2.24) is 0 Å². The summed E-state index contributed by atoms with van der Waals surface area (Å²) >= 11 is 0. The molecule has 2 N–H and O–H groups in total. The van der Waals surface area contributed by atoms with Crippen molar-refractivity contribution in [2.45, 2.75) is 39.2 Å². The van der Waals surface area contributed by atoms with Crippen molar-refractivity contribution in [2.75, 3.05) is 6.54 Å². The van der Waals surface area contributed by atoms with Crippen LogP contribution in [0.3, 0.4) is 0 Å². The molecule has 0 spiro atoms. The summed E-state index contributed by atoms with van der Waals surface area (Å²) in [6.45, 7) is 3.69. The topological polar surface area (TPSA) is 69.4 Å². The molecule has 0 radical (unpaired) electrons. The molecule has 0 aliphatic carbocycles. The monoisotopic (exact) mass is 187 g/mol. The van der Waals surface area contributed by atoms with Gasteiger partial charge >= 0.3 is 5.97 Å². The first-order chi connectivity index (χ1) is 6.10. The standard InChI is InChI=1S/C9H17NO3/c1-3-8(6-10)13-9(12)5-4-7(2)11/h8H,3-6,10H2,1-2H3. The molecule has 0 saturated carbocycles. The van der Waals surface area contributed by atoms with E-state index >= 15 is 0 Å². The largest absolute Gasteiger partial charge is 0.461 e. The fourth-order valence-electron chi connectivity index (χ4n) is 0.821. The number of Topliss-reactive ketones (excluding diaryl/α,β-unsaturated/α-hetero) is 1. The van der Waals surface area contributed by atoms with E-state index in [0.717, 1.165) is 0 Å². The number of nitrogens with two attached hydrogens (primary N) is 1. The molecule has 0 saturated heterocycles. The van der Waals surface area contributed by atoms with Gasteiger partial charge in [0.2, 0.25) is 0 Å². The minimum absolute atomic E-state index is 0.00209. The fourth-order valence-corrected chi connectivity index (χ4v) is 0.821. The van der Waals surface area contributed by atoms with E-state index in [1.807, 2.05) is 6.92 Å². The van der Waals surface area contributed by atoms with Gasteiger partial charge in [0.25, 0.3) is 0 Å². The van der Waals surface area contributed by atoms with E-state index in [4.69, 9.17) is 10.5 Å². The average molecular weight is 187 g/mol. The van der Waals surface area contributed by atoms with E-state index in [1.54, 1.807) is 0 Å². The summed E-state index contributed by atoms with van der Waals surface area (Å²) in [4.78, 5) is 21.6. The van der Waals surface area contributed by atoms with Crippen molar-refractivity contribution in [2.24, 2.45) is 5.73 Å². The van der Waals surface area contributed by atoms with Crippen LogP contribution in [0.5, 0.6) is 0 Å². The van der Waals surface area contributed by atoms with Gasteiger partial charge in [0.15, 0.2) is 0 Å². The molecule has 0 rings (SSSR count). The highest BCUT2D eigenvalue weighted by atomic mass is 16.5. The first kappa shape index (κ1) is 12.1. The third-order valence-electron chi connectivity index (χ3n) is 1.70. The van der Waals surface area contributed by atoms with Crippen molar-refractivity contribution < 1.29 is 14.3 Å². The maximum Gasteiger partial charge on any atom is 0.306 e. The van der Waals surface area contributed by atoms with Gasteiger partial charge in [0.1, 0.15) is 11.9 Å². The Bertz CT molecular complexity index is 176. The molecule has 0 bridgehead atoms. The summed E-state index contributed by atoms with van der Waals surface area (Å²) < 4.78 is 4.98. The first-order valence-corrected chi connectivity index (χ1v) is 4.49. The van der Waals surface area contributed by atoms with Crippen LogP contribution in [0.4, 0.5) is 0 Å². The van der Waals surface area contributed by atoms with Crippen molar-refractivity contribution >= 4 is 11.8 Å². The Hall–Kier alpha value is -0.900. The number of hydrogen-bond acceptors (Lipinski definition) is 4. The fraction of sp³-hybridized carbons (Fsp3) is 0.778. The molecule has 0 aliphatic heterocycles. The summed E-state index contributed by atoms with van der Waals surface area (Å²) in [6.07, 6.45) is 0.910. The Balaban J connectivity index is 3.66. The van der Waals surface area contributed by atoms with E-state index in [2.05, 4.69) is 0 Å². The van der Waals surface area contributed by atoms with Gasteiger partial charge in [-0.05, 0) is 13.3 Å². The van der Waals surface area contributed by atoms with Crippen molar-refractivity contribution in [3.05, 3.63) is 0 Å². The zero-order valence-electron chi connectivity index (χ0n) is 8.21. The number of carbonyl (C=O) groups excluding carboxylic acids is 2. The maximum absolute atomic E-state index is 11.0. The minimum atomic E-state index is -0.340. The number of esters is 1. The third kappa shape index (κ3) is 6.28. The van der Waals surface area contributed by atoms with Gasteiger partial charge in [-0.25, -0.2) is 0 Å². The molecule has 0 fully saturated rings. The third-order valence-corrected chi connectivity index (χ3v) is 1.70. The SMILES string of the molecule is CCC(CN)OC(=O)CCC(C)=O. The lowest BCUT2D eigenvalue weighted by molar-refractivity contribution is -0.149. The van der Waals surface area contributed by atoms with Crippen molar-refractivity contribution in [3.63, 3.8) is 0 Å². The number of hydrogen-bond donors (Lipinski definition) is 1. The highest BCUT2D eigenvalue weighted by Crippen LogP contribution is 2.00. The van der Waals surface area contributed by atoms with Crippen LogP contribution in [0.15, 0.2) is 0 Å². The normalized spacial score (nSPS) is 12.2. The molecule has 4 heteroatoms. The average Bonchev–Trinajstić information content (AvgIpc) is 2.10. The smallest absolute Gasteiger partial charge is 0.306 e. The Kier molecular flexibility index (Phi) is 6.14. The Labute approximate surface area is 78.4 Å². The molecule has 0 aromatic heterocycles. The molecule has 0 aliphatic rings. The Morgan fingerprint density at radius 1 is 1.38 bits per heavy atom. The molecule has 1 unspecified atom stereocenters. The number of ketones is 1. The predicted octanol–water partition coefficient (Wildman–Crippen LogP) is 0.636. The second-order valence-corrected chi connectivity index (χ2v) is 2.96. The van der Waals surface area contributed by atoms with Crippen LogP contribution in [-0.2, 0) is 14.3 Å². The summed E-state index contributed by atoms with van der Waals surface area (Å²) in [5.41, 5.74) is 5.34. The lowest BCUT2D eigenvalue weighted by Gasteiger charge is -2.13. The minimum Gasteiger partial charge on any atom is -0.461 e. The summed E-state index contributed by atoms with van der Waals surface area (Å²) in [6, 6.07) is 0. The van der Waals surface area contributed by atoms with E-state index < -0.39 is 0 Å². The van der Waals surface area contributed by atoms with Gasteiger partial charge in [-0.1, -0.05) is 6.92 Å². The van der Waals surface area contributed by atoms with Crippen molar-refractivity contribution in [1.29, 1.82) is 0 Å². The van der Waals surface area contributed by atoms with Gasteiger partial charge in [0, 0.05) is 13.0 Å². The van der Waals surface area contributed by atoms with Crippen LogP contribution in [-0.4, -0.2) is 24.4 Å². The van der Waals surface area contributed by atoms with E-state index in [-0.39, 0.29) is 30.7 Å². The van der Waals surface area contributed by atoms with Crippen LogP contribution in [0.25, 0.3) is 0 Å². The predicted molar refractivity (Wildman–Crippen MR) is 49.1 cm³/mol. The lowest BCUT2D eigenvalue weighted by atomic mass is 10.2. The van der Waals surface area contributed by atoms with Crippen LogP contribution in [0.1, 0.15) is 33.1 Å². The molecule has 13 heavy (non-hydrogen) atoms. The maximum atomic E-state index is 11.0. The molecule has 0 amide bonds. The van der Waals surface area contributed by atoms with Gasteiger partial charge in [-0.15, -0.1) is 0 Å². The molecule has 76 valence electrons. The van der Waals surface area contributed by atoms with Crippen LogP contribution >= 0.6 is 0 Å². The first-order valence-electron chi connectivity index (χ1n) is 4.49. The second-order valence-electron chi connectivity index (χ2n) is 2.96. The van der Waals surface area contributed by atoms with Crippen molar-refractivity contribution in [3.8, 4) is 0 Å². The zero-order valence-corrected chi connectivity index (χ0v) is 8.21. The molecular formula is C9H17NO3. The zero-order chi connectivity index (χ0) is 10.3. The van der Waals surface area contributed by atoms with Gasteiger partial charge in [0.05, 0.1) is 6.42 Å². The van der Waals surface area contributed by atoms with E-state index in [1.165, 1.54) is 6.92 Å². The van der Waals surface area contributed by atoms with Gasteiger partial charge < -0.3 is 15.3 Å². The van der Waals surface area contributed by atoms with Gasteiger partial charge in [-0.2, -0.15) is 0 Å². The van der Waals surface area contributed by atoms with Crippen LogP contribution < -0.4 is 5.73 Å². The number of carbonyl (C=O) groups is 2. The van der Waals surface area contributed by atoms with Crippen LogP contribution in [0.2, 0.25) is 0 Å². The second kappa shape index (κ2) is 6.60. The van der Waals surface area contributed by atoms with E-state index in [0.29, 0.717) is 13.0 Å². The summed E-state index contributed by atoms with van der Waals surface area (Å²) in [5.74, 6) is -0.342. The molecule has 0 aromatic carbocycles. The molecule has 1 atom stereocenters. The summed E-state index contributed by atoms with van der Waals surface area (Å²) in [5, 5.41) is 0. The van der Waals surface area contributed by atoms with E-state index in [9.17, 15) is 9.59 Å². The van der Waals surface area contributed by atoms with Gasteiger partial charge in [-0.3, -0.25) is 4.79 Å². The number of rotatable bonds is 6. The summed E-state index contributed by atoms with van der Waals surface area (Å²) in [7, 11) is 0. The Morgan fingerprint density at radius 2 is 2.00 bits per heavy atom. The molecule has 4 nitrogen and oxygen atoms in total.